The van der Waals surface area contributed by atoms with Crippen LogP contribution in [0.3, 0.4) is 0 Å². The van der Waals surface area contributed by atoms with Crippen molar-refractivity contribution >= 4 is 31.0 Å². The summed E-state index contributed by atoms with van der Waals surface area (Å²) in [4.78, 5) is 61.9. The van der Waals surface area contributed by atoms with Gasteiger partial charge in [-0.2, -0.15) is 0 Å². The molecule has 1 aromatic carbocycles. The Hall–Kier alpha value is -2.51. The van der Waals surface area contributed by atoms with E-state index in [-0.39, 0.29) is 28.9 Å². The Kier molecular flexibility index (Phi) is 8.97. The Balaban J connectivity index is 2.17. The van der Waals surface area contributed by atoms with E-state index >= 15 is 0 Å². The number of imide groups is 1. The molecule has 3 N–H and O–H groups in total. The van der Waals surface area contributed by atoms with Crippen LogP contribution in [0, 0.1) is 17.8 Å². The maximum absolute atomic E-state index is 13.1. The fraction of sp³-hybridized carbons (Fsp3) is 0.565. The van der Waals surface area contributed by atoms with Crippen LogP contribution in [-0.4, -0.2) is 59.0 Å². The minimum Gasteiger partial charge on any atom is -0.357 e. The van der Waals surface area contributed by atoms with Gasteiger partial charge in [-0.25, -0.2) is 0 Å². The van der Waals surface area contributed by atoms with Crippen molar-refractivity contribution in [1.82, 2.24) is 15.5 Å². The molecule has 0 saturated carbocycles. The Morgan fingerprint density at radius 1 is 0.970 bits per heavy atom. The first kappa shape index (κ1) is 26.7. The number of likely N-dealkylation sites (N-methyl/N-ethyl adjacent to an activating group) is 1. The van der Waals surface area contributed by atoms with Crippen LogP contribution in [0.2, 0.25) is 0 Å². The molecule has 1 aliphatic rings. The molecule has 0 fully saturated rings. The molecule has 1 unspecified atom stereocenters. The van der Waals surface area contributed by atoms with Gasteiger partial charge in [-0.05, 0) is 36.8 Å². The summed E-state index contributed by atoms with van der Waals surface area (Å²) < 4.78 is 13.1. The van der Waals surface area contributed by atoms with E-state index in [0.29, 0.717) is 12.8 Å². The number of carbonyl (C=O) groups is 4. The number of nitrogens with one attached hydrogen (secondary N) is 2. The second-order valence-electron chi connectivity index (χ2n) is 9.39. The molecule has 33 heavy (non-hydrogen) atoms. The van der Waals surface area contributed by atoms with Gasteiger partial charge in [0.25, 0.3) is 11.8 Å². The molecular formula is C23H34N3O6P. The molecule has 1 aromatic rings. The van der Waals surface area contributed by atoms with Gasteiger partial charge in [-0.1, -0.05) is 39.8 Å². The zero-order valence-electron chi connectivity index (χ0n) is 19.8. The van der Waals surface area contributed by atoms with Crippen LogP contribution in [0.4, 0.5) is 0 Å². The molecule has 9 nitrogen and oxygen atoms in total. The van der Waals surface area contributed by atoms with E-state index in [4.69, 9.17) is 0 Å². The fourth-order valence-corrected chi connectivity index (χ4v) is 5.81. The van der Waals surface area contributed by atoms with E-state index in [1.165, 1.54) is 19.2 Å². The number of carbonyl (C=O) groups excluding carboxylic acids is 4. The molecule has 182 valence electrons. The van der Waals surface area contributed by atoms with Crippen LogP contribution in [0.1, 0.15) is 61.3 Å². The van der Waals surface area contributed by atoms with Gasteiger partial charge in [0.2, 0.25) is 19.2 Å². The first-order chi connectivity index (χ1) is 15.4. The summed E-state index contributed by atoms with van der Waals surface area (Å²) in [5.41, 5.74) is 0.391. The highest BCUT2D eigenvalue weighted by Crippen LogP contribution is 2.45. The van der Waals surface area contributed by atoms with E-state index < -0.39 is 49.5 Å². The summed E-state index contributed by atoms with van der Waals surface area (Å²) in [6.07, 6.45) is -0.315. The van der Waals surface area contributed by atoms with Crippen molar-refractivity contribution in [1.29, 1.82) is 0 Å². The molecule has 1 heterocycles. The number of amides is 4. The summed E-state index contributed by atoms with van der Waals surface area (Å²) in [6.45, 7) is 7.63. The van der Waals surface area contributed by atoms with Gasteiger partial charge >= 0.3 is 0 Å². The van der Waals surface area contributed by atoms with Crippen molar-refractivity contribution in [2.45, 2.75) is 46.6 Å². The molecule has 2 rings (SSSR count). The molecule has 0 bridgehead atoms. The molecule has 0 aliphatic carbocycles. The number of hydrogen-bond acceptors (Lipinski definition) is 5. The maximum atomic E-state index is 13.1. The largest absolute Gasteiger partial charge is 0.357 e. The minimum absolute atomic E-state index is 0.0450. The molecule has 1 aliphatic heterocycles. The van der Waals surface area contributed by atoms with Crippen molar-refractivity contribution in [2.24, 2.45) is 17.8 Å². The Morgan fingerprint density at radius 2 is 1.48 bits per heavy atom. The van der Waals surface area contributed by atoms with Crippen LogP contribution in [-0.2, 0) is 14.2 Å². The molecule has 0 radical (unpaired) electrons. The number of benzene rings is 1. The molecule has 0 spiro atoms. The third kappa shape index (κ3) is 6.98. The van der Waals surface area contributed by atoms with Crippen LogP contribution in [0.25, 0.3) is 0 Å². The molecule has 0 aromatic heterocycles. The van der Waals surface area contributed by atoms with Gasteiger partial charge < -0.3 is 15.5 Å². The monoisotopic (exact) mass is 479 g/mol. The highest BCUT2D eigenvalue weighted by Gasteiger charge is 2.41. The van der Waals surface area contributed by atoms with Crippen LogP contribution < -0.4 is 10.6 Å². The summed E-state index contributed by atoms with van der Waals surface area (Å²) in [5, 5.41) is 5.25. The van der Waals surface area contributed by atoms with Gasteiger partial charge in [-0.15, -0.1) is 0 Å². The van der Waals surface area contributed by atoms with E-state index in [0.717, 1.165) is 4.90 Å². The van der Waals surface area contributed by atoms with Crippen molar-refractivity contribution in [3.8, 4) is 0 Å². The van der Waals surface area contributed by atoms with E-state index in [9.17, 15) is 28.6 Å². The van der Waals surface area contributed by atoms with Gasteiger partial charge in [0.05, 0.1) is 11.1 Å². The zero-order chi connectivity index (χ0) is 24.9. The van der Waals surface area contributed by atoms with E-state index in [1.54, 1.807) is 12.1 Å². The predicted molar refractivity (Wildman–Crippen MR) is 125 cm³/mol. The summed E-state index contributed by atoms with van der Waals surface area (Å²) >= 11 is 0. The fourth-order valence-electron chi connectivity index (χ4n) is 3.99. The summed E-state index contributed by atoms with van der Waals surface area (Å²) in [5.74, 6) is -2.72. The zero-order valence-corrected chi connectivity index (χ0v) is 20.7. The third-order valence-electron chi connectivity index (χ3n) is 5.46. The number of hydrogen-bond donors (Lipinski definition) is 3. The lowest BCUT2D eigenvalue weighted by Crippen LogP contribution is -2.49. The smallest absolute Gasteiger partial charge is 0.262 e. The third-order valence-corrected chi connectivity index (χ3v) is 7.20. The lowest BCUT2D eigenvalue weighted by atomic mass is 9.96. The predicted octanol–water partition coefficient (Wildman–Crippen LogP) is 2.45. The van der Waals surface area contributed by atoms with Gasteiger partial charge in [0, 0.05) is 19.1 Å². The van der Waals surface area contributed by atoms with Crippen LogP contribution in [0.15, 0.2) is 24.3 Å². The Labute approximate surface area is 194 Å². The van der Waals surface area contributed by atoms with Gasteiger partial charge in [-0.3, -0.25) is 28.6 Å². The Bertz CT molecular complexity index is 926. The average Bonchev–Trinajstić information content (AvgIpc) is 2.96. The summed E-state index contributed by atoms with van der Waals surface area (Å²) in [7, 11) is -2.61. The first-order valence-electron chi connectivity index (χ1n) is 11.1. The number of fused-ring (bicyclic) bond motifs is 1. The summed E-state index contributed by atoms with van der Waals surface area (Å²) in [6, 6.07) is 5.48. The SMILES string of the molecule is CNC(=O)[C@H](CC(C)C)NC(=O)[C@H](CC(C)C)CP(=O)(O)CN1C(=O)c2ccccc2C1=O. The van der Waals surface area contributed by atoms with Crippen molar-refractivity contribution in [2.75, 3.05) is 19.5 Å². The molecular weight excluding hydrogens is 445 g/mol. The second-order valence-corrected chi connectivity index (χ2v) is 11.7. The molecule has 0 saturated heterocycles. The average molecular weight is 480 g/mol. The van der Waals surface area contributed by atoms with Crippen LogP contribution in [0.5, 0.6) is 0 Å². The first-order valence-corrected chi connectivity index (χ1v) is 13.2. The molecule has 3 atom stereocenters. The molecule has 10 heteroatoms. The van der Waals surface area contributed by atoms with Gasteiger partial charge in [0.1, 0.15) is 12.3 Å². The van der Waals surface area contributed by atoms with E-state index in [1.807, 2.05) is 27.7 Å². The Morgan fingerprint density at radius 3 is 1.94 bits per heavy atom. The van der Waals surface area contributed by atoms with E-state index in [2.05, 4.69) is 10.6 Å². The highest BCUT2D eigenvalue weighted by molar-refractivity contribution is 7.58. The molecule has 4 amide bonds. The maximum Gasteiger partial charge on any atom is 0.262 e. The quantitative estimate of drug-likeness (QED) is 0.330. The van der Waals surface area contributed by atoms with Crippen molar-refractivity contribution in [3.05, 3.63) is 35.4 Å². The minimum atomic E-state index is -4.09. The lowest BCUT2D eigenvalue weighted by Gasteiger charge is -2.26. The normalized spacial score (nSPS) is 17.0. The number of rotatable bonds is 11. The number of nitrogens with zero attached hydrogens (tertiary/aromatic N) is 1. The highest BCUT2D eigenvalue weighted by atomic mass is 31.2. The van der Waals surface area contributed by atoms with Crippen molar-refractivity contribution in [3.63, 3.8) is 0 Å². The van der Waals surface area contributed by atoms with Crippen molar-refractivity contribution < 1.29 is 28.6 Å². The second kappa shape index (κ2) is 11.1. The topological polar surface area (TPSA) is 133 Å². The lowest BCUT2D eigenvalue weighted by molar-refractivity contribution is -0.131. The van der Waals surface area contributed by atoms with Crippen LogP contribution >= 0.6 is 7.37 Å². The standard InChI is InChI=1S/C23H34N3O6P/c1-14(2)10-16(20(27)25-19(11-15(3)4)21(28)24-5)12-33(31,32)13-26-22(29)17-8-6-7-9-18(17)23(26)30/h6-9,14-16,19H,10-13H2,1-5H3,(H,24,28)(H,25,27)(H,31,32)/t16-,19+/m1/s1. The van der Waals surface area contributed by atoms with Gasteiger partial charge in [0.15, 0.2) is 0 Å².